The van der Waals surface area contributed by atoms with E-state index in [1.54, 1.807) is 17.5 Å². The first kappa shape index (κ1) is 19.2. The summed E-state index contributed by atoms with van der Waals surface area (Å²) in [5.41, 5.74) is 4.05. The minimum Gasteiger partial charge on any atom is -0.367 e. The molecule has 0 amide bonds. The van der Waals surface area contributed by atoms with Crippen LogP contribution < -0.4 is 10.6 Å². The molecule has 0 radical (unpaired) electrons. The van der Waals surface area contributed by atoms with E-state index in [2.05, 4.69) is 38.1 Å². The van der Waals surface area contributed by atoms with E-state index in [1.807, 2.05) is 5.51 Å². The van der Waals surface area contributed by atoms with E-state index in [-0.39, 0.29) is 11.3 Å². The molecule has 5 rings (SSSR count). The molecular weight excluding hydrogens is 403 g/mol. The highest BCUT2D eigenvalue weighted by Gasteiger charge is 2.19. The van der Waals surface area contributed by atoms with Gasteiger partial charge in [0.15, 0.2) is 11.5 Å². The zero-order valence-corrected chi connectivity index (χ0v) is 17.4. The van der Waals surface area contributed by atoms with Crippen molar-refractivity contribution in [2.75, 3.05) is 37.6 Å². The van der Waals surface area contributed by atoms with Gasteiger partial charge in [0, 0.05) is 38.9 Å². The van der Waals surface area contributed by atoms with Gasteiger partial charge in [-0.05, 0) is 43.7 Å². The highest BCUT2D eigenvalue weighted by atomic mass is 32.1. The summed E-state index contributed by atoms with van der Waals surface area (Å²) >= 11 is 1.68. The van der Waals surface area contributed by atoms with Gasteiger partial charge in [0.05, 0.1) is 15.9 Å². The van der Waals surface area contributed by atoms with Crippen LogP contribution in [-0.2, 0) is 6.54 Å². The Morgan fingerprint density at radius 3 is 2.70 bits per heavy atom. The molecule has 0 unspecified atom stereocenters. The molecule has 0 atom stereocenters. The summed E-state index contributed by atoms with van der Waals surface area (Å²) in [6, 6.07) is 9.23. The van der Waals surface area contributed by atoms with Crippen molar-refractivity contribution in [2.45, 2.75) is 19.4 Å². The average Bonchev–Trinajstić information content (AvgIpc) is 3.37. The predicted octanol–water partition coefficient (Wildman–Crippen LogP) is 2.85. The van der Waals surface area contributed by atoms with Crippen molar-refractivity contribution in [2.24, 2.45) is 0 Å². The Morgan fingerprint density at radius 1 is 1.03 bits per heavy atom. The number of fused-ring (bicyclic) bond motifs is 2. The third-order valence-corrected chi connectivity index (χ3v) is 6.50. The summed E-state index contributed by atoms with van der Waals surface area (Å²) in [6.07, 6.45) is 3.37. The van der Waals surface area contributed by atoms with Crippen LogP contribution in [0.15, 0.2) is 46.8 Å². The molecule has 1 aliphatic rings. The normalized spacial score (nSPS) is 15.4. The van der Waals surface area contributed by atoms with Crippen molar-refractivity contribution in [3.63, 3.8) is 0 Å². The van der Waals surface area contributed by atoms with Crippen molar-refractivity contribution in [1.82, 2.24) is 24.1 Å². The van der Waals surface area contributed by atoms with Gasteiger partial charge in [0.1, 0.15) is 5.52 Å². The molecule has 3 aromatic heterocycles. The number of aromatic nitrogens is 4. The van der Waals surface area contributed by atoms with Crippen LogP contribution in [0, 0.1) is 5.82 Å². The van der Waals surface area contributed by atoms with Gasteiger partial charge in [-0.2, -0.15) is 0 Å². The Bertz CT molecular complexity index is 1220. The minimum atomic E-state index is -0.473. The number of para-hydroxylation sites is 1. The first-order chi connectivity index (χ1) is 14.7. The molecule has 30 heavy (non-hydrogen) atoms. The lowest BCUT2D eigenvalue weighted by Gasteiger charge is -2.36. The molecule has 1 saturated heterocycles. The fourth-order valence-corrected chi connectivity index (χ4v) is 4.78. The quantitative estimate of drug-likeness (QED) is 0.444. The number of anilines is 1. The highest BCUT2D eigenvalue weighted by molar-refractivity contribution is 7.16. The van der Waals surface area contributed by atoms with Gasteiger partial charge in [0.2, 0.25) is 0 Å². The standard InChI is InChI=1S/C21H23FN6OS/c22-16-5-4-9-27-20(16)24-28(21(27)29)10-2-1-8-25-11-13-26(14-12-25)17-6-3-7-18-19(17)23-15-30-18/h3-7,9,15H,1-2,8,10-14H2. The number of unbranched alkanes of at least 4 members (excludes halogenated alkanes) is 1. The Kier molecular flexibility index (Phi) is 5.22. The molecule has 0 N–H and O–H groups in total. The topological polar surface area (TPSA) is 58.7 Å². The van der Waals surface area contributed by atoms with Gasteiger partial charge >= 0.3 is 5.69 Å². The van der Waals surface area contributed by atoms with Crippen molar-refractivity contribution in [1.29, 1.82) is 0 Å². The summed E-state index contributed by atoms with van der Waals surface area (Å²) in [4.78, 5) is 21.7. The lowest BCUT2D eigenvalue weighted by Crippen LogP contribution is -2.46. The lowest BCUT2D eigenvalue weighted by molar-refractivity contribution is 0.251. The number of benzene rings is 1. The number of pyridine rings is 1. The molecule has 0 bridgehead atoms. The molecular formula is C21H23FN6OS. The van der Waals surface area contributed by atoms with Gasteiger partial charge in [-0.3, -0.25) is 4.90 Å². The maximum absolute atomic E-state index is 13.8. The third kappa shape index (κ3) is 3.59. The largest absolute Gasteiger partial charge is 0.367 e. The van der Waals surface area contributed by atoms with Gasteiger partial charge < -0.3 is 4.90 Å². The maximum atomic E-state index is 13.8. The molecule has 0 saturated carbocycles. The summed E-state index contributed by atoms with van der Waals surface area (Å²) in [5, 5.41) is 4.13. The van der Waals surface area contributed by atoms with Crippen LogP contribution >= 0.6 is 11.3 Å². The van der Waals surface area contributed by atoms with Gasteiger partial charge in [-0.1, -0.05) is 6.07 Å². The highest BCUT2D eigenvalue weighted by Crippen LogP contribution is 2.28. The molecule has 1 aromatic carbocycles. The predicted molar refractivity (Wildman–Crippen MR) is 117 cm³/mol. The first-order valence-electron chi connectivity index (χ1n) is 10.2. The van der Waals surface area contributed by atoms with E-state index in [0.29, 0.717) is 6.54 Å². The second kappa shape index (κ2) is 8.16. The summed E-state index contributed by atoms with van der Waals surface area (Å²) in [6.45, 7) is 5.50. The van der Waals surface area contributed by atoms with Crippen molar-refractivity contribution in [3.05, 3.63) is 58.3 Å². The molecule has 0 aliphatic carbocycles. The Labute approximate surface area is 177 Å². The number of hydrogen-bond acceptors (Lipinski definition) is 6. The number of piperazine rings is 1. The zero-order valence-electron chi connectivity index (χ0n) is 16.6. The number of rotatable bonds is 6. The number of aryl methyl sites for hydroxylation is 1. The first-order valence-corrected chi connectivity index (χ1v) is 11.1. The van der Waals surface area contributed by atoms with Crippen molar-refractivity contribution >= 4 is 32.9 Å². The van der Waals surface area contributed by atoms with Crippen molar-refractivity contribution < 1.29 is 4.39 Å². The second-order valence-electron chi connectivity index (χ2n) is 7.57. The smallest absolute Gasteiger partial charge is 0.350 e. The van der Waals surface area contributed by atoms with Crippen molar-refractivity contribution in [3.8, 4) is 0 Å². The summed E-state index contributed by atoms with van der Waals surface area (Å²) in [5.74, 6) is -0.473. The van der Waals surface area contributed by atoms with Crippen LogP contribution in [0.2, 0.25) is 0 Å². The molecule has 1 fully saturated rings. The summed E-state index contributed by atoms with van der Waals surface area (Å²) in [7, 11) is 0. The van der Waals surface area contributed by atoms with Crippen LogP contribution in [0.1, 0.15) is 12.8 Å². The SMILES string of the molecule is O=c1n(CCCCN2CCN(c3cccc4scnc34)CC2)nc2c(F)cccn12. The van der Waals surface area contributed by atoms with Crippen LogP contribution in [0.4, 0.5) is 10.1 Å². The molecule has 4 heterocycles. The molecule has 7 nitrogen and oxygen atoms in total. The van der Waals surface area contributed by atoms with E-state index < -0.39 is 5.82 Å². The molecule has 1 aliphatic heterocycles. The van der Waals surface area contributed by atoms with Gasteiger partial charge in [0.25, 0.3) is 0 Å². The van der Waals surface area contributed by atoms with Gasteiger partial charge in [-0.25, -0.2) is 23.3 Å². The van der Waals surface area contributed by atoms with E-state index >= 15 is 0 Å². The van der Waals surface area contributed by atoms with Crippen LogP contribution in [0.25, 0.3) is 15.9 Å². The second-order valence-corrected chi connectivity index (χ2v) is 8.45. The van der Waals surface area contributed by atoms with E-state index in [9.17, 15) is 9.18 Å². The summed E-state index contributed by atoms with van der Waals surface area (Å²) < 4.78 is 17.6. The molecule has 156 valence electrons. The van der Waals surface area contributed by atoms with Crippen LogP contribution in [-0.4, -0.2) is 56.8 Å². The van der Waals surface area contributed by atoms with E-state index in [0.717, 1.165) is 51.1 Å². The molecule has 0 spiro atoms. The minimum absolute atomic E-state index is 0.0914. The number of thiazole rings is 1. The molecule has 9 heteroatoms. The van der Waals surface area contributed by atoms with Gasteiger partial charge in [-0.15, -0.1) is 16.4 Å². The van der Waals surface area contributed by atoms with Crippen LogP contribution in [0.5, 0.6) is 0 Å². The molecule has 4 aromatic rings. The number of hydrogen-bond donors (Lipinski definition) is 0. The Morgan fingerprint density at radius 2 is 1.87 bits per heavy atom. The fraction of sp³-hybridized carbons (Fsp3) is 0.381. The number of halogens is 1. The van der Waals surface area contributed by atoms with E-state index in [1.165, 1.54) is 31.6 Å². The number of nitrogens with zero attached hydrogens (tertiary/aromatic N) is 6. The maximum Gasteiger partial charge on any atom is 0.350 e. The Hall–Kier alpha value is -2.78. The van der Waals surface area contributed by atoms with E-state index in [4.69, 9.17) is 0 Å². The lowest BCUT2D eigenvalue weighted by atomic mass is 10.2. The fourth-order valence-electron chi connectivity index (χ4n) is 4.09. The zero-order chi connectivity index (χ0) is 20.5. The third-order valence-electron chi connectivity index (χ3n) is 5.71. The Balaban J connectivity index is 1.12. The van der Waals surface area contributed by atoms with Crippen LogP contribution in [0.3, 0.4) is 0 Å². The average molecular weight is 427 g/mol. The monoisotopic (exact) mass is 426 g/mol.